The fourth-order valence-corrected chi connectivity index (χ4v) is 8.37. The van der Waals surface area contributed by atoms with E-state index in [4.69, 9.17) is 18.5 Å². The van der Waals surface area contributed by atoms with Crippen LogP contribution in [0, 0.1) is 0 Å². The van der Waals surface area contributed by atoms with Gasteiger partial charge in [0.2, 0.25) is 0 Å². The lowest BCUT2D eigenvalue weighted by atomic mass is 9.85. The van der Waals surface area contributed by atoms with Crippen molar-refractivity contribution >= 4 is 13.8 Å². The average molecular weight is 927 g/mol. The Morgan fingerprint density at radius 2 is 0.922 bits per heavy atom. The molecular formula is C51H91O12P. The third-order valence-electron chi connectivity index (χ3n) is 11.4. The number of phosphoric ester groups is 1. The number of allylic oxidation sites excluding steroid dienone is 10. The summed E-state index contributed by atoms with van der Waals surface area (Å²) in [6, 6.07) is 0. The van der Waals surface area contributed by atoms with Crippen molar-refractivity contribution < 1.29 is 58.3 Å². The molecule has 0 aromatic carbocycles. The maximum atomic E-state index is 12.8. The fourth-order valence-electron chi connectivity index (χ4n) is 7.40. The van der Waals surface area contributed by atoms with Crippen molar-refractivity contribution in [1.82, 2.24) is 0 Å². The van der Waals surface area contributed by atoms with Gasteiger partial charge in [0.1, 0.15) is 42.7 Å². The van der Waals surface area contributed by atoms with Crippen molar-refractivity contribution in [2.24, 2.45) is 0 Å². The molecule has 372 valence electrons. The van der Waals surface area contributed by atoms with E-state index in [1.165, 1.54) is 96.3 Å². The van der Waals surface area contributed by atoms with Gasteiger partial charge in [0.15, 0.2) is 0 Å². The summed E-state index contributed by atoms with van der Waals surface area (Å²) in [6.07, 6.45) is 40.0. The third kappa shape index (κ3) is 32.7. The highest BCUT2D eigenvalue weighted by atomic mass is 31.2. The first-order valence-corrected chi connectivity index (χ1v) is 26.6. The van der Waals surface area contributed by atoms with E-state index in [1.807, 2.05) is 0 Å². The van der Waals surface area contributed by atoms with Crippen molar-refractivity contribution in [1.29, 1.82) is 0 Å². The van der Waals surface area contributed by atoms with Crippen LogP contribution in [0.2, 0.25) is 0 Å². The molecule has 6 unspecified atom stereocenters. The van der Waals surface area contributed by atoms with Crippen molar-refractivity contribution in [2.75, 3.05) is 19.8 Å². The lowest BCUT2D eigenvalue weighted by Gasteiger charge is -2.41. The molecule has 0 aromatic heterocycles. The van der Waals surface area contributed by atoms with E-state index in [-0.39, 0.29) is 13.0 Å². The first kappa shape index (κ1) is 60.1. The molecule has 6 N–H and O–H groups in total. The number of unbranched alkanes of at least 4 members (excludes halogenated alkanes) is 20. The van der Waals surface area contributed by atoms with Crippen LogP contribution in [0.5, 0.6) is 0 Å². The highest BCUT2D eigenvalue weighted by molar-refractivity contribution is 7.47. The van der Waals surface area contributed by atoms with Gasteiger partial charge in [-0.25, -0.2) is 4.57 Å². The molecule has 0 amide bonds. The highest BCUT2D eigenvalue weighted by Crippen LogP contribution is 2.47. The van der Waals surface area contributed by atoms with E-state index < -0.39 is 63.1 Å². The Hall–Kier alpha value is -1.96. The van der Waals surface area contributed by atoms with Crippen LogP contribution in [0.25, 0.3) is 0 Å². The zero-order valence-electron chi connectivity index (χ0n) is 39.8. The standard InChI is InChI=1S/C51H91O12P/c1-3-5-7-9-11-13-15-17-19-21-22-23-25-27-29-31-33-35-37-39-41-60-42-44(43-61-64(58,59)63-51-49(56)47(54)46(53)48(55)50(51)57)62-45(52)40-38-36-34-32-30-28-26-24-20-18-16-14-12-10-8-6-4-2/h6,8,12,14,17-20,26,28,44,46-51,53-57H,3-5,7,9-11,13,15-16,21-25,27,29-43H2,1-2H3,(H,58,59)/b8-6-,14-12-,19-17-,20-18-,28-26-. The molecule has 0 aliphatic heterocycles. The summed E-state index contributed by atoms with van der Waals surface area (Å²) in [5, 5.41) is 50.3. The molecule has 13 heteroatoms. The molecule has 64 heavy (non-hydrogen) atoms. The summed E-state index contributed by atoms with van der Waals surface area (Å²) in [5.41, 5.74) is 0. The minimum absolute atomic E-state index is 0.0895. The Balaban J connectivity index is 2.37. The Morgan fingerprint density at radius 3 is 1.42 bits per heavy atom. The first-order chi connectivity index (χ1) is 31.0. The van der Waals surface area contributed by atoms with Gasteiger partial charge in [-0.1, -0.05) is 171 Å². The van der Waals surface area contributed by atoms with Gasteiger partial charge in [-0.2, -0.15) is 0 Å². The molecular weight excluding hydrogens is 836 g/mol. The van der Waals surface area contributed by atoms with Crippen molar-refractivity contribution in [3.8, 4) is 0 Å². The van der Waals surface area contributed by atoms with Crippen LogP contribution in [0.15, 0.2) is 60.8 Å². The number of ether oxygens (including phenoxy) is 2. The minimum atomic E-state index is -5.03. The normalized spacial score (nSPS) is 22.2. The minimum Gasteiger partial charge on any atom is -0.457 e. The molecule has 0 bridgehead atoms. The average Bonchev–Trinajstić information content (AvgIpc) is 3.28. The topological polar surface area (TPSA) is 192 Å². The SMILES string of the molecule is CC/C=C\C/C=C\C/C=C\C/C=C\CCCCCCC(=O)OC(COCCCCCCCCCCCC/C=C\CCCCCCCC)COP(=O)(O)OC1C(O)C(O)C(O)C(O)C1O. The second-order valence-corrected chi connectivity index (χ2v) is 18.7. The van der Waals surface area contributed by atoms with E-state index in [0.29, 0.717) is 13.0 Å². The maximum Gasteiger partial charge on any atom is 0.472 e. The number of esters is 1. The number of phosphoric acid groups is 1. The monoisotopic (exact) mass is 927 g/mol. The van der Waals surface area contributed by atoms with Crippen LogP contribution in [0.4, 0.5) is 0 Å². The molecule has 1 aliphatic carbocycles. The Kier molecular flexibility index (Phi) is 38.7. The Morgan fingerprint density at radius 1 is 0.516 bits per heavy atom. The number of carbonyl (C=O) groups excluding carboxylic acids is 1. The van der Waals surface area contributed by atoms with Gasteiger partial charge in [-0.15, -0.1) is 0 Å². The summed E-state index contributed by atoms with van der Waals surface area (Å²) in [4.78, 5) is 23.2. The van der Waals surface area contributed by atoms with Crippen LogP contribution in [0.1, 0.15) is 194 Å². The largest absolute Gasteiger partial charge is 0.472 e. The van der Waals surface area contributed by atoms with Gasteiger partial charge in [-0.05, 0) is 77.0 Å². The number of aliphatic hydroxyl groups is 5. The Bertz CT molecular complexity index is 1290. The second kappa shape index (κ2) is 41.2. The van der Waals surface area contributed by atoms with Crippen LogP contribution in [-0.4, -0.2) is 98.9 Å². The number of hydrogen-bond donors (Lipinski definition) is 6. The van der Waals surface area contributed by atoms with Crippen molar-refractivity contribution in [3.05, 3.63) is 60.8 Å². The van der Waals surface area contributed by atoms with Gasteiger partial charge in [-0.3, -0.25) is 13.8 Å². The van der Waals surface area contributed by atoms with E-state index >= 15 is 0 Å². The molecule has 1 rings (SSSR count). The second-order valence-electron chi connectivity index (χ2n) is 17.3. The fraction of sp³-hybridized carbons (Fsp3) is 0.784. The molecule has 0 saturated heterocycles. The predicted molar refractivity (Wildman–Crippen MR) is 258 cm³/mol. The zero-order chi connectivity index (χ0) is 46.9. The smallest absolute Gasteiger partial charge is 0.457 e. The number of carbonyl (C=O) groups is 1. The molecule has 0 radical (unpaired) electrons. The van der Waals surface area contributed by atoms with Crippen molar-refractivity contribution in [3.63, 3.8) is 0 Å². The van der Waals surface area contributed by atoms with Crippen LogP contribution in [-0.2, 0) is 27.9 Å². The third-order valence-corrected chi connectivity index (χ3v) is 12.4. The van der Waals surface area contributed by atoms with E-state index in [1.54, 1.807) is 0 Å². The van der Waals surface area contributed by atoms with Crippen LogP contribution < -0.4 is 0 Å². The molecule has 1 fully saturated rings. The molecule has 0 heterocycles. The molecule has 0 aromatic rings. The van der Waals surface area contributed by atoms with Crippen LogP contribution >= 0.6 is 7.82 Å². The zero-order valence-corrected chi connectivity index (χ0v) is 40.7. The van der Waals surface area contributed by atoms with Gasteiger partial charge in [0.05, 0.1) is 13.2 Å². The molecule has 12 nitrogen and oxygen atoms in total. The lowest BCUT2D eigenvalue weighted by molar-refractivity contribution is -0.220. The van der Waals surface area contributed by atoms with E-state index in [0.717, 1.165) is 70.6 Å². The number of hydrogen-bond acceptors (Lipinski definition) is 11. The van der Waals surface area contributed by atoms with Gasteiger partial charge in [0, 0.05) is 13.0 Å². The molecule has 1 aliphatic rings. The van der Waals surface area contributed by atoms with E-state index in [9.17, 15) is 39.8 Å². The van der Waals surface area contributed by atoms with Crippen molar-refractivity contribution in [2.45, 2.75) is 236 Å². The maximum absolute atomic E-state index is 12.8. The molecule has 6 atom stereocenters. The van der Waals surface area contributed by atoms with Gasteiger partial charge < -0.3 is 39.9 Å². The van der Waals surface area contributed by atoms with E-state index in [2.05, 4.69) is 74.6 Å². The summed E-state index contributed by atoms with van der Waals surface area (Å²) in [7, 11) is -5.03. The Labute approximate surface area is 387 Å². The van der Waals surface area contributed by atoms with Gasteiger partial charge >= 0.3 is 13.8 Å². The number of aliphatic hydroxyl groups excluding tert-OH is 5. The first-order valence-electron chi connectivity index (χ1n) is 25.1. The molecule has 0 spiro atoms. The number of rotatable bonds is 42. The summed E-state index contributed by atoms with van der Waals surface area (Å²) in [5.74, 6) is -0.501. The summed E-state index contributed by atoms with van der Waals surface area (Å²) in [6.45, 7) is 4.12. The summed E-state index contributed by atoms with van der Waals surface area (Å²) >= 11 is 0. The quantitative estimate of drug-likeness (QED) is 0.0147. The predicted octanol–water partition coefficient (Wildman–Crippen LogP) is 11.0. The lowest BCUT2D eigenvalue weighted by Crippen LogP contribution is -2.64. The van der Waals surface area contributed by atoms with Crippen LogP contribution in [0.3, 0.4) is 0 Å². The van der Waals surface area contributed by atoms with Gasteiger partial charge in [0.25, 0.3) is 0 Å². The molecule has 1 saturated carbocycles. The summed E-state index contributed by atoms with van der Waals surface area (Å²) < 4.78 is 34.2. The highest BCUT2D eigenvalue weighted by Gasteiger charge is 2.51.